The van der Waals surface area contributed by atoms with E-state index in [9.17, 15) is 4.79 Å². The summed E-state index contributed by atoms with van der Waals surface area (Å²) in [7, 11) is 0. The number of aryl methyl sites for hydroxylation is 1. The number of ether oxygens (including phenoxy) is 1. The van der Waals surface area contributed by atoms with Crippen molar-refractivity contribution in [1.29, 1.82) is 0 Å². The lowest BCUT2D eigenvalue weighted by molar-refractivity contribution is 0.0524. The molecule has 0 amide bonds. The molecule has 0 aliphatic carbocycles. The maximum absolute atomic E-state index is 11.2. The molecule has 0 aromatic carbocycles. The summed E-state index contributed by atoms with van der Waals surface area (Å²) in [4.78, 5) is 11.2. The highest BCUT2D eigenvalue weighted by Gasteiger charge is 2.09. The maximum atomic E-state index is 11.2. The summed E-state index contributed by atoms with van der Waals surface area (Å²) < 4.78 is 4.80. The van der Waals surface area contributed by atoms with Gasteiger partial charge < -0.3 is 4.74 Å². The first kappa shape index (κ1) is 8.64. The van der Waals surface area contributed by atoms with Crippen molar-refractivity contribution in [3.63, 3.8) is 0 Å². The maximum Gasteiger partial charge on any atom is 0.340 e. The number of carbonyl (C=O) groups excluding carboxylic acids is 1. The zero-order chi connectivity index (χ0) is 8.97. The molecular formula is C8H10N2O2. The molecular weight excluding hydrogens is 156 g/mol. The second-order valence-corrected chi connectivity index (χ2v) is 2.25. The van der Waals surface area contributed by atoms with Crippen LogP contribution in [0.15, 0.2) is 12.3 Å². The predicted molar refractivity (Wildman–Crippen MR) is 42.7 cm³/mol. The largest absolute Gasteiger partial charge is 0.462 e. The van der Waals surface area contributed by atoms with Gasteiger partial charge in [-0.3, -0.25) is 0 Å². The molecule has 0 aliphatic rings. The summed E-state index contributed by atoms with van der Waals surface area (Å²) in [5.74, 6) is -0.343. The highest BCUT2D eigenvalue weighted by atomic mass is 16.5. The topological polar surface area (TPSA) is 52.1 Å². The van der Waals surface area contributed by atoms with Gasteiger partial charge in [0.05, 0.1) is 24.1 Å². The van der Waals surface area contributed by atoms with Gasteiger partial charge in [0.15, 0.2) is 0 Å². The number of aromatic nitrogens is 2. The lowest BCUT2D eigenvalue weighted by Crippen LogP contribution is -2.07. The van der Waals surface area contributed by atoms with Crippen LogP contribution in [0, 0.1) is 6.92 Å². The molecule has 1 rings (SSSR count). The molecule has 1 aromatic rings. The average Bonchev–Trinajstić information content (AvgIpc) is 2.05. The van der Waals surface area contributed by atoms with Crippen LogP contribution < -0.4 is 0 Å². The van der Waals surface area contributed by atoms with Crippen LogP contribution in [0.5, 0.6) is 0 Å². The Morgan fingerprint density at radius 2 is 2.42 bits per heavy atom. The standard InChI is InChI=1S/C8H10N2O2/c1-3-12-8(11)7-4-5-9-10-6(7)2/h4-5H,3H2,1-2H3. The van der Waals surface area contributed by atoms with Crippen molar-refractivity contribution >= 4 is 5.97 Å². The van der Waals surface area contributed by atoms with Crippen molar-refractivity contribution in [1.82, 2.24) is 10.2 Å². The van der Waals surface area contributed by atoms with Gasteiger partial charge in [-0.1, -0.05) is 0 Å². The molecule has 1 heterocycles. The fourth-order valence-corrected chi connectivity index (χ4v) is 0.827. The van der Waals surface area contributed by atoms with Crippen molar-refractivity contribution in [2.75, 3.05) is 6.61 Å². The minimum atomic E-state index is -0.343. The van der Waals surface area contributed by atoms with E-state index in [1.165, 1.54) is 6.20 Å². The lowest BCUT2D eigenvalue weighted by Gasteiger charge is -2.01. The van der Waals surface area contributed by atoms with Crippen LogP contribution in [0.1, 0.15) is 23.0 Å². The Morgan fingerprint density at radius 3 is 3.00 bits per heavy atom. The second kappa shape index (κ2) is 3.80. The van der Waals surface area contributed by atoms with Gasteiger partial charge in [0.2, 0.25) is 0 Å². The molecule has 0 saturated heterocycles. The first-order valence-corrected chi connectivity index (χ1v) is 3.71. The van der Waals surface area contributed by atoms with Crippen LogP contribution in [-0.2, 0) is 4.74 Å². The summed E-state index contributed by atoms with van der Waals surface area (Å²) in [6.07, 6.45) is 1.47. The van der Waals surface area contributed by atoms with Crippen molar-refractivity contribution in [2.45, 2.75) is 13.8 Å². The molecule has 0 atom stereocenters. The third-order valence-electron chi connectivity index (χ3n) is 1.40. The van der Waals surface area contributed by atoms with E-state index in [1.807, 2.05) is 0 Å². The number of rotatable bonds is 2. The summed E-state index contributed by atoms with van der Waals surface area (Å²) in [6, 6.07) is 1.60. The van der Waals surface area contributed by atoms with E-state index < -0.39 is 0 Å². The van der Waals surface area contributed by atoms with Gasteiger partial charge in [0.1, 0.15) is 0 Å². The predicted octanol–water partition coefficient (Wildman–Crippen LogP) is 0.962. The number of hydrogen-bond donors (Lipinski definition) is 0. The Labute approximate surface area is 70.6 Å². The quantitative estimate of drug-likeness (QED) is 0.614. The molecule has 4 heteroatoms. The lowest BCUT2D eigenvalue weighted by atomic mass is 10.2. The molecule has 0 bridgehead atoms. The number of hydrogen-bond acceptors (Lipinski definition) is 4. The van der Waals surface area contributed by atoms with E-state index in [-0.39, 0.29) is 5.97 Å². The van der Waals surface area contributed by atoms with Gasteiger partial charge in [-0.25, -0.2) is 4.79 Å². The molecule has 64 valence electrons. The van der Waals surface area contributed by atoms with Gasteiger partial charge >= 0.3 is 5.97 Å². The summed E-state index contributed by atoms with van der Waals surface area (Å²) >= 11 is 0. The Hall–Kier alpha value is -1.45. The molecule has 0 N–H and O–H groups in total. The summed E-state index contributed by atoms with van der Waals surface area (Å²) in [5.41, 5.74) is 1.07. The molecule has 4 nitrogen and oxygen atoms in total. The first-order valence-electron chi connectivity index (χ1n) is 3.71. The molecule has 0 radical (unpaired) electrons. The minimum Gasteiger partial charge on any atom is -0.462 e. The van der Waals surface area contributed by atoms with Crippen molar-refractivity contribution in [3.05, 3.63) is 23.5 Å². The fourth-order valence-electron chi connectivity index (χ4n) is 0.827. The van der Waals surface area contributed by atoms with Crippen LogP contribution in [0.3, 0.4) is 0 Å². The highest BCUT2D eigenvalue weighted by molar-refractivity contribution is 5.90. The average molecular weight is 166 g/mol. The molecule has 1 aromatic heterocycles. The van der Waals surface area contributed by atoms with Gasteiger partial charge in [0.25, 0.3) is 0 Å². The highest BCUT2D eigenvalue weighted by Crippen LogP contribution is 2.03. The Bertz CT molecular complexity index is 286. The zero-order valence-electron chi connectivity index (χ0n) is 7.07. The van der Waals surface area contributed by atoms with E-state index in [2.05, 4.69) is 10.2 Å². The van der Waals surface area contributed by atoms with E-state index in [0.29, 0.717) is 17.9 Å². The monoisotopic (exact) mass is 166 g/mol. The Kier molecular flexibility index (Phi) is 2.74. The van der Waals surface area contributed by atoms with Gasteiger partial charge in [-0.2, -0.15) is 10.2 Å². The minimum absolute atomic E-state index is 0.343. The van der Waals surface area contributed by atoms with Crippen LogP contribution in [0.2, 0.25) is 0 Å². The summed E-state index contributed by atoms with van der Waals surface area (Å²) in [5, 5.41) is 7.36. The van der Waals surface area contributed by atoms with Gasteiger partial charge in [-0.15, -0.1) is 0 Å². The third kappa shape index (κ3) is 1.78. The first-order chi connectivity index (χ1) is 5.75. The fraction of sp³-hybridized carbons (Fsp3) is 0.375. The van der Waals surface area contributed by atoms with E-state index in [1.54, 1.807) is 19.9 Å². The van der Waals surface area contributed by atoms with E-state index >= 15 is 0 Å². The smallest absolute Gasteiger partial charge is 0.340 e. The normalized spacial score (nSPS) is 9.50. The van der Waals surface area contributed by atoms with Gasteiger partial charge in [-0.05, 0) is 19.9 Å². The number of carbonyl (C=O) groups is 1. The molecule has 0 saturated carbocycles. The second-order valence-electron chi connectivity index (χ2n) is 2.25. The third-order valence-corrected chi connectivity index (χ3v) is 1.40. The zero-order valence-corrected chi connectivity index (χ0v) is 7.07. The number of esters is 1. The molecule has 0 aliphatic heterocycles. The molecule has 12 heavy (non-hydrogen) atoms. The SMILES string of the molecule is CCOC(=O)c1ccnnc1C. The Morgan fingerprint density at radius 1 is 1.67 bits per heavy atom. The van der Waals surface area contributed by atoms with E-state index in [0.717, 1.165) is 0 Å². The van der Waals surface area contributed by atoms with Crippen LogP contribution >= 0.6 is 0 Å². The number of nitrogens with zero attached hydrogens (tertiary/aromatic N) is 2. The molecule has 0 fully saturated rings. The van der Waals surface area contributed by atoms with E-state index in [4.69, 9.17) is 4.74 Å². The van der Waals surface area contributed by atoms with Crippen LogP contribution in [0.4, 0.5) is 0 Å². The summed E-state index contributed by atoms with van der Waals surface area (Å²) in [6.45, 7) is 3.86. The van der Waals surface area contributed by atoms with Crippen molar-refractivity contribution in [2.24, 2.45) is 0 Å². The van der Waals surface area contributed by atoms with Crippen molar-refractivity contribution in [3.8, 4) is 0 Å². The van der Waals surface area contributed by atoms with Crippen molar-refractivity contribution < 1.29 is 9.53 Å². The van der Waals surface area contributed by atoms with Crippen LogP contribution in [-0.4, -0.2) is 22.8 Å². The molecule has 0 spiro atoms. The Balaban J connectivity index is 2.87. The molecule has 0 unspecified atom stereocenters. The van der Waals surface area contributed by atoms with Crippen LogP contribution in [0.25, 0.3) is 0 Å². The van der Waals surface area contributed by atoms with Gasteiger partial charge in [0, 0.05) is 0 Å².